The summed E-state index contributed by atoms with van der Waals surface area (Å²) in [4.78, 5) is 15.2. The molecule has 0 fully saturated rings. The Hall–Kier alpha value is -1.58. The minimum atomic E-state index is -0.336. The van der Waals surface area contributed by atoms with E-state index in [1.165, 1.54) is 6.20 Å². The molecule has 1 rings (SSSR count). The molecule has 0 amide bonds. The number of nitrogens with zero attached hydrogens (tertiary/aromatic N) is 1. The minimum absolute atomic E-state index is 0.336. The van der Waals surface area contributed by atoms with Crippen molar-refractivity contribution < 1.29 is 9.53 Å². The molecule has 0 radical (unpaired) electrons. The lowest BCUT2D eigenvalue weighted by Gasteiger charge is -2.02. The van der Waals surface area contributed by atoms with Gasteiger partial charge in [0, 0.05) is 13.2 Å². The summed E-state index contributed by atoms with van der Waals surface area (Å²) < 4.78 is 4.80. The van der Waals surface area contributed by atoms with Crippen LogP contribution in [0.15, 0.2) is 18.3 Å². The van der Waals surface area contributed by atoms with Crippen molar-refractivity contribution in [2.75, 3.05) is 19.0 Å². The predicted octanol–water partition coefficient (Wildman–Crippen LogP) is 2.33. The molecule has 0 aliphatic carbocycles. The second kappa shape index (κ2) is 7.79. The van der Waals surface area contributed by atoms with Crippen LogP contribution in [0.5, 0.6) is 0 Å². The largest absolute Gasteiger partial charge is 0.462 e. The maximum absolute atomic E-state index is 11.2. The minimum Gasteiger partial charge on any atom is -0.462 e. The fraction of sp³-hybridized carbons (Fsp3) is 0.455. The van der Waals surface area contributed by atoms with Gasteiger partial charge in [-0.1, -0.05) is 13.8 Å². The van der Waals surface area contributed by atoms with E-state index in [0.717, 1.165) is 5.82 Å². The Balaban J connectivity index is 0.000000921. The molecule has 0 aromatic carbocycles. The highest BCUT2D eigenvalue weighted by Gasteiger charge is 2.05. The van der Waals surface area contributed by atoms with Crippen molar-refractivity contribution in [3.05, 3.63) is 23.9 Å². The molecular formula is C11H18N2O2. The lowest BCUT2D eigenvalue weighted by atomic mass is 10.3. The lowest BCUT2D eigenvalue weighted by Crippen LogP contribution is -2.05. The average Bonchev–Trinajstić information content (AvgIpc) is 2.32. The Morgan fingerprint density at radius 1 is 1.47 bits per heavy atom. The van der Waals surface area contributed by atoms with Gasteiger partial charge in [0.2, 0.25) is 0 Å². The highest BCUT2D eigenvalue weighted by atomic mass is 16.5. The second-order valence-corrected chi connectivity index (χ2v) is 2.40. The van der Waals surface area contributed by atoms with Gasteiger partial charge in [-0.2, -0.15) is 0 Å². The number of hydrogen-bond donors (Lipinski definition) is 1. The highest BCUT2D eigenvalue weighted by molar-refractivity contribution is 5.89. The predicted molar refractivity (Wildman–Crippen MR) is 61.1 cm³/mol. The highest BCUT2D eigenvalue weighted by Crippen LogP contribution is 2.05. The third kappa shape index (κ3) is 4.44. The number of anilines is 1. The van der Waals surface area contributed by atoms with E-state index in [2.05, 4.69) is 10.3 Å². The standard InChI is InChI=1S/C9H12N2O2.C2H6/c1-3-13-9(12)7-4-5-8(10-2)11-6-7;1-2/h4-6H,3H2,1-2H3,(H,10,11);1-2H3. The van der Waals surface area contributed by atoms with Crippen LogP contribution in [0, 0.1) is 0 Å². The lowest BCUT2D eigenvalue weighted by molar-refractivity contribution is 0.0526. The van der Waals surface area contributed by atoms with E-state index >= 15 is 0 Å². The first-order valence-corrected chi connectivity index (χ1v) is 5.09. The SMILES string of the molecule is CC.CCOC(=O)c1ccc(NC)nc1. The zero-order valence-electron chi connectivity index (χ0n) is 9.70. The molecule has 0 aliphatic rings. The molecule has 4 nitrogen and oxygen atoms in total. The summed E-state index contributed by atoms with van der Waals surface area (Å²) in [6.45, 7) is 6.15. The number of carbonyl (C=O) groups excluding carboxylic acids is 1. The summed E-state index contributed by atoms with van der Waals surface area (Å²) in [6.07, 6.45) is 1.49. The second-order valence-electron chi connectivity index (χ2n) is 2.40. The molecule has 0 bridgehead atoms. The Kier molecular flexibility index (Phi) is 6.97. The Bertz CT molecular complexity index is 283. The molecule has 0 unspecified atom stereocenters. The Labute approximate surface area is 90.7 Å². The molecule has 0 aliphatic heterocycles. The molecule has 84 valence electrons. The molecule has 1 aromatic heterocycles. The van der Waals surface area contributed by atoms with Gasteiger partial charge in [0.1, 0.15) is 5.82 Å². The molecule has 1 heterocycles. The summed E-state index contributed by atoms with van der Waals surface area (Å²) in [6, 6.07) is 3.41. The van der Waals surface area contributed by atoms with Crippen molar-refractivity contribution in [1.82, 2.24) is 4.98 Å². The van der Waals surface area contributed by atoms with Crippen LogP contribution in [0.2, 0.25) is 0 Å². The first kappa shape index (κ1) is 13.4. The van der Waals surface area contributed by atoms with Gasteiger partial charge in [-0.3, -0.25) is 0 Å². The summed E-state index contributed by atoms with van der Waals surface area (Å²) in [5, 5.41) is 2.86. The number of nitrogens with one attached hydrogen (secondary N) is 1. The molecule has 1 N–H and O–H groups in total. The van der Waals surface area contributed by atoms with E-state index in [1.54, 1.807) is 26.1 Å². The number of hydrogen-bond acceptors (Lipinski definition) is 4. The number of ether oxygens (including phenoxy) is 1. The summed E-state index contributed by atoms with van der Waals surface area (Å²) in [7, 11) is 1.77. The van der Waals surface area contributed by atoms with E-state index in [-0.39, 0.29) is 5.97 Å². The van der Waals surface area contributed by atoms with Gasteiger partial charge >= 0.3 is 5.97 Å². The third-order valence-corrected chi connectivity index (χ3v) is 1.53. The number of carbonyl (C=O) groups is 1. The fourth-order valence-electron chi connectivity index (χ4n) is 0.877. The molecule has 1 aromatic rings. The maximum atomic E-state index is 11.2. The van der Waals surface area contributed by atoms with Gasteiger partial charge in [-0.05, 0) is 19.1 Å². The van der Waals surface area contributed by atoms with E-state index in [4.69, 9.17) is 4.74 Å². The van der Waals surface area contributed by atoms with E-state index < -0.39 is 0 Å². The quantitative estimate of drug-likeness (QED) is 0.778. The van der Waals surface area contributed by atoms with Gasteiger partial charge in [0.25, 0.3) is 0 Å². The zero-order chi connectivity index (χ0) is 11.7. The first-order chi connectivity index (χ1) is 7.27. The van der Waals surface area contributed by atoms with Gasteiger partial charge in [0.15, 0.2) is 0 Å². The van der Waals surface area contributed by atoms with Crippen LogP contribution in [-0.4, -0.2) is 24.6 Å². The van der Waals surface area contributed by atoms with Gasteiger partial charge < -0.3 is 10.1 Å². The monoisotopic (exact) mass is 210 g/mol. The smallest absolute Gasteiger partial charge is 0.339 e. The Morgan fingerprint density at radius 2 is 2.13 bits per heavy atom. The van der Waals surface area contributed by atoms with E-state index in [9.17, 15) is 4.79 Å². The van der Waals surface area contributed by atoms with Crippen molar-refractivity contribution in [3.8, 4) is 0 Å². The average molecular weight is 210 g/mol. The Morgan fingerprint density at radius 3 is 2.53 bits per heavy atom. The molecule has 0 saturated carbocycles. The van der Waals surface area contributed by atoms with Crippen molar-refractivity contribution >= 4 is 11.8 Å². The normalized spacial score (nSPS) is 8.53. The third-order valence-electron chi connectivity index (χ3n) is 1.53. The first-order valence-electron chi connectivity index (χ1n) is 5.09. The molecule has 4 heteroatoms. The van der Waals surface area contributed by atoms with Gasteiger partial charge in [0.05, 0.1) is 12.2 Å². The van der Waals surface area contributed by atoms with Gasteiger partial charge in [-0.25, -0.2) is 9.78 Å². The van der Waals surface area contributed by atoms with Crippen LogP contribution in [0.25, 0.3) is 0 Å². The van der Waals surface area contributed by atoms with Crippen LogP contribution in [0.4, 0.5) is 5.82 Å². The molecule has 0 atom stereocenters. The van der Waals surface area contributed by atoms with Crippen LogP contribution in [0.1, 0.15) is 31.1 Å². The molecule has 15 heavy (non-hydrogen) atoms. The van der Waals surface area contributed by atoms with Crippen molar-refractivity contribution in [1.29, 1.82) is 0 Å². The number of pyridine rings is 1. The van der Waals surface area contributed by atoms with Crippen LogP contribution in [-0.2, 0) is 4.74 Å². The number of rotatable bonds is 3. The van der Waals surface area contributed by atoms with E-state index in [1.807, 2.05) is 13.8 Å². The number of aromatic nitrogens is 1. The van der Waals surface area contributed by atoms with Crippen LogP contribution in [0.3, 0.4) is 0 Å². The summed E-state index contributed by atoms with van der Waals surface area (Å²) >= 11 is 0. The molecular weight excluding hydrogens is 192 g/mol. The molecule has 0 spiro atoms. The summed E-state index contributed by atoms with van der Waals surface area (Å²) in [5.41, 5.74) is 0.473. The fourth-order valence-corrected chi connectivity index (χ4v) is 0.877. The topological polar surface area (TPSA) is 51.2 Å². The van der Waals surface area contributed by atoms with Crippen molar-refractivity contribution in [3.63, 3.8) is 0 Å². The van der Waals surface area contributed by atoms with Gasteiger partial charge in [-0.15, -0.1) is 0 Å². The van der Waals surface area contributed by atoms with Crippen LogP contribution < -0.4 is 5.32 Å². The van der Waals surface area contributed by atoms with Crippen molar-refractivity contribution in [2.45, 2.75) is 20.8 Å². The number of esters is 1. The summed E-state index contributed by atoms with van der Waals surface area (Å²) in [5.74, 6) is 0.394. The van der Waals surface area contributed by atoms with Crippen molar-refractivity contribution in [2.24, 2.45) is 0 Å². The maximum Gasteiger partial charge on any atom is 0.339 e. The molecule has 0 saturated heterocycles. The van der Waals surface area contributed by atoms with E-state index in [0.29, 0.717) is 12.2 Å². The zero-order valence-corrected chi connectivity index (χ0v) is 9.70. The van der Waals surface area contributed by atoms with Crippen LogP contribution >= 0.6 is 0 Å².